The van der Waals surface area contributed by atoms with Crippen LogP contribution >= 0.6 is 0 Å². The number of carbonyl (C=O) groups is 1. The van der Waals surface area contributed by atoms with Crippen molar-refractivity contribution in [2.24, 2.45) is 5.92 Å². The number of carboxylic acid groups (broad SMARTS) is 1. The lowest BCUT2D eigenvalue weighted by molar-refractivity contribution is -0.150. The van der Waals surface area contributed by atoms with Crippen LogP contribution in [0.3, 0.4) is 0 Å². The summed E-state index contributed by atoms with van der Waals surface area (Å²) >= 11 is 0. The molecule has 0 aliphatic carbocycles. The van der Waals surface area contributed by atoms with Gasteiger partial charge in [0.15, 0.2) is 11.5 Å². The van der Waals surface area contributed by atoms with E-state index in [9.17, 15) is 9.90 Å². The van der Waals surface area contributed by atoms with Crippen LogP contribution in [0.25, 0.3) is 0 Å². The van der Waals surface area contributed by atoms with Gasteiger partial charge in [0.2, 0.25) is 0 Å². The lowest BCUT2D eigenvalue weighted by Crippen LogP contribution is -2.35. The summed E-state index contributed by atoms with van der Waals surface area (Å²) in [5.41, 5.74) is -1.01. The van der Waals surface area contributed by atoms with Crippen LogP contribution in [0, 0.1) is 5.92 Å². The first-order valence-corrected chi connectivity index (χ1v) is 5.52. The Morgan fingerprint density at radius 1 is 1.28 bits per heavy atom. The zero-order valence-corrected chi connectivity index (χ0v) is 10.9. The van der Waals surface area contributed by atoms with E-state index >= 15 is 0 Å². The molecule has 0 saturated carbocycles. The number of aliphatic hydroxyl groups is 1. The highest BCUT2D eigenvalue weighted by Gasteiger charge is 2.36. The van der Waals surface area contributed by atoms with Crippen LogP contribution < -0.4 is 9.47 Å². The maximum absolute atomic E-state index is 11.0. The van der Waals surface area contributed by atoms with Crippen molar-refractivity contribution in [3.05, 3.63) is 23.8 Å². The number of aliphatic carboxylic acids is 1. The van der Waals surface area contributed by atoms with Gasteiger partial charge in [-0.2, -0.15) is 0 Å². The van der Waals surface area contributed by atoms with Crippen molar-refractivity contribution in [1.82, 2.24) is 0 Å². The Kier molecular flexibility index (Phi) is 4.19. The molecular weight excluding hydrogens is 236 g/mol. The van der Waals surface area contributed by atoms with Gasteiger partial charge in [-0.25, -0.2) is 0 Å². The van der Waals surface area contributed by atoms with Gasteiger partial charge in [0.25, 0.3) is 0 Å². The van der Waals surface area contributed by atoms with Crippen molar-refractivity contribution < 1.29 is 24.5 Å². The van der Waals surface area contributed by atoms with Gasteiger partial charge >= 0.3 is 5.97 Å². The minimum absolute atomic E-state index is 0.452. The zero-order chi connectivity index (χ0) is 13.9. The maximum Gasteiger partial charge on any atom is 0.309 e. The van der Waals surface area contributed by atoms with E-state index in [0.29, 0.717) is 17.1 Å². The highest BCUT2D eigenvalue weighted by atomic mass is 16.5. The Balaban J connectivity index is 3.21. The van der Waals surface area contributed by atoms with E-state index in [2.05, 4.69) is 0 Å². The Morgan fingerprint density at radius 2 is 1.83 bits per heavy atom. The molecular formula is C13H18O5. The predicted molar refractivity (Wildman–Crippen MR) is 65.9 cm³/mol. The molecule has 0 spiro atoms. The highest BCUT2D eigenvalue weighted by molar-refractivity contribution is 5.71. The van der Waals surface area contributed by atoms with E-state index in [1.807, 2.05) is 0 Å². The van der Waals surface area contributed by atoms with Crippen LogP contribution in [-0.2, 0) is 10.4 Å². The molecule has 1 aromatic carbocycles. The number of benzene rings is 1. The summed E-state index contributed by atoms with van der Waals surface area (Å²) in [6.07, 6.45) is 0. The molecule has 18 heavy (non-hydrogen) atoms. The van der Waals surface area contributed by atoms with Crippen LogP contribution in [0.15, 0.2) is 18.2 Å². The Bertz CT molecular complexity index is 439. The van der Waals surface area contributed by atoms with Crippen LogP contribution in [-0.4, -0.2) is 30.4 Å². The van der Waals surface area contributed by atoms with Gasteiger partial charge in [0.05, 0.1) is 25.7 Å². The fourth-order valence-electron chi connectivity index (χ4n) is 1.64. The van der Waals surface area contributed by atoms with Crippen molar-refractivity contribution in [3.63, 3.8) is 0 Å². The van der Waals surface area contributed by atoms with Crippen LogP contribution in [0.5, 0.6) is 11.5 Å². The first-order chi connectivity index (χ1) is 8.34. The largest absolute Gasteiger partial charge is 0.493 e. The van der Waals surface area contributed by atoms with E-state index in [0.717, 1.165) is 0 Å². The minimum Gasteiger partial charge on any atom is -0.493 e. The van der Waals surface area contributed by atoms with Gasteiger partial charge in [-0.05, 0) is 31.5 Å². The molecule has 0 radical (unpaired) electrons. The Labute approximate surface area is 106 Å². The van der Waals surface area contributed by atoms with Crippen LogP contribution in [0.2, 0.25) is 0 Å². The molecule has 1 rings (SSSR count). The summed E-state index contributed by atoms with van der Waals surface area (Å²) in [5, 5.41) is 19.3. The summed E-state index contributed by atoms with van der Waals surface area (Å²) < 4.78 is 10.2. The van der Waals surface area contributed by atoms with Crippen LogP contribution in [0.1, 0.15) is 19.4 Å². The summed E-state index contributed by atoms with van der Waals surface area (Å²) in [7, 11) is 2.99. The van der Waals surface area contributed by atoms with E-state index in [-0.39, 0.29) is 0 Å². The molecule has 0 aliphatic rings. The molecule has 2 atom stereocenters. The second-order valence-corrected chi connectivity index (χ2v) is 4.28. The number of rotatable bonds is 5. The van der Waals surface area contributed by atoms with E-state index in [1.54, 1.807) is 18.2 Å². The number of hydrogen-bond donors (Lipinski definition) is 2. The van der Waals surface area contributed by atoms with Gasteiger partial charge in [-0.15, -0.1) is 0 Å². The van der Waals surface area contributed by atoms with Gasteiger partial charge < -0.3 is 19.7 Å². The second kappa shape index (κ2) is 5.27. The average Bonchev–Trinajstić information content (AvgIpc) is 2.36. The summed E-state index contributed by atoms with van der Waals surface area (Å²) in [6, 6.07) is 4.84. The summed E-state index contributed by atoms with van der Waals surface area (Å²) in [6.45, 7) is 2.92. The minimum atomic E-state index is -1.48. The first-order valence-electron chi connectivity index (χ1n) is 5.52. The third kappa shape index (κ3) is 2.56. The molecule has 0 aromatic heterocycles. The Hall–Kier alpha value is -1.75. The number of ether oxygens (including phenoxy) is 2. The molecule has 2 unspecified atom stereocenters. The fourth-order valence-corrected chi connectivity index (χ4v) is 1.64. The smallest absolute Gasteiger partial charge is 0.309 e. The molecule has 2 N–H and O–H groups in total. The average molecular weight is 254 g/mol. The van der Waals surface area contributed by atoms with Crippen molar-refractivity contribution in [2.75, 3.05) is 14.2 Å². The third-order valence-electron chi connectivity index (χ3n) is 3.18. The molecule has 0 fully saturated rings. The van der Waals surface area contributed by atoms with Crippen molar-refractivity contribution >= 4 is 5.97 Å². The monoisotopic (exact) mass is 254 g/mol. The van der Waals surface area contributed by atoms with Crippen molar-refractivity contribution in [2.45, 2.75) is 19.4 Å². The zero-order valence-electron chi connectivity index (χ0n) is 10.9. The number of hydrogen-bond acceptors (Lipinski definition) is 4. The number of carboxylic acids is 1. The third-order valence-corrected chi connectivity index (χ3v) is 3.18. The standard InChI is InChI=1S/C13H18O5/c1-8(12(14)15)13(2,16)9-5-6-10(17-3)11(7-9)18-4/h5-8,16H,1-4H3,(H,14,15). The molecule has 5 nitrogen and oxygen atoms in total. The normalized spacial score (nSPS) is 15.6. The lowest BCUT2D eigenvalue weighted by atomic mass is 9.84. The van der Waals surface area contributed by atoms with Gasteiger partial charge in [0.1, 0.15) is 0 Å². The lowest BCUT2D eigenvalue weighted by Gasteiger charge is -2.28. The molecule has 0 saturated heterocycles. The SMILES string of the molecule is COc1ccc(C(C)(O)C(C)C(=O)O)cc1OC. The van der Waals surface area contributed by atoms with E-state index in [4.69, 9.17) is 14.6 Å². The van der Waals surface area contributed by atoms with Gasteiger partial charge in [-0.1, -0.05) is 6.07 Å². The topological polar surface area (TPSA) is 76.0 Å². The molecule has 0 bridgehead atoms. The van der Waals surface area contributed by atoms with E-state index in [1.165, 1.54) is 28.1 Å². The van der Waals surface area contributed by atoms with E-state index < -0.39 is 17.5 Å². The molecule has 5 heteroatoms. The molecule has 0 aliphatic heterocycles. The highest BCUT2D eigenvalue weighted by Crippen LogP contribution is 2.35. The maximum atomic E-state index is 11.0. The summed E-state index contributed by atoms with van der Waals surface area (Å²) in [4.78, 5) is 11.0. The molecule has 1 aromatic rings. The van der Waals surface area contributed by atoms with Crippen molar-refractivity contribution in [1.29, 1.82) is 0 Å². The van der Waals surface area contributed by atoms with Gasteiger partial charge in [-0.3, -0.25) is 4.79 Å². The number of methoxy groups -OCH3 is 2. The molecule has 0 heterocycles. The van der Waals surface area contributed by atoms with Crippen LogP contribution in [0.4, 0.5) is 0 Å². The predicted octanol–water partition coefficient (Wildman–Crippen LogP) is 1.63. The molecule has 0 amide bonds. The van der Waals surface area contributed by atoms with Crippen molar-refractivity contribution in [3.8, 4) is 11.5 Å². The first kappa shape index (κ1) is 14.3. The van der Waals surface area contributed by atoms with Gasteiger partial charge in [0, 0.05) is 0 Å². The Morgan fingerprint density at radius 3 is 2.28 bits per heavy atom. The summed E-state index contributed by atoms with van der Waals surface area (Å²) in [5.74, 6) is -1.02. The molecule has 100 valence electrons. The quantitative estimate of drug-likeness (QED) is 0.835. The fraction of sp³-hybridized carbons (Fsp3) is 0.462. The second-order valence-electron chi connectivity index (χ2n) is 4.28.